The molecule has 156 valence electrons. The molecule has 0 bridgehead atoms. The van der Waals surface area contributed by atoms with Crippen LogP contribution in [0.3, 0.4) is 0 Å². The monoisotopic (exact) mass is 436 g/mol. The highest BCUT2D eigenvalue weighted by Crippen LogP contribution is 2.33. The summed E-state index contributed by atoms with van der Waals surface area (Å²) < 4.78 is 0. The molecular weight excluding hydrogens is 420 g/mol. The van der Waals surface area contributed by atoms with Crippen molar-refractivity contribution in [2.75, 3.05) is 5.32 Å². The van der Waals surface area contributed by atoms with E-state index in [4.69, 9.17) is 0 Å². The van der Waals surface area contributed by atoms with Gasteiger partial charge in [-0.2, -0.15) is 5.10 Å². The standard InChI is InChI=1S/C20H16N6O4S/c1-13(27)24-16-5-2-4-15(11-16)19(28)25-23-12-14-6-7-18(17(10-14)26(29)30)31-20-21-8-3-9-22-20/h2-12H,1H3,(H,24,27)(H,25,28). The number of hydrogen-bond acceptors (Lipinski definition) is 8. The second kappa shape index (κ2) is 10.1. The maximum absolute atomic E-state index is 12.2. The molecule has 0 aliphatic rings. The largest absolute Gasteiger partial charge is 0.326 e. The molecule has 0 saturated carbocycles. The van der Waals surface area contributed by atoms with Crippen LogP contribution in [0.25, 0.3) is 0 Å². The van der Waals surface area contributed by atoms with Crippen LogP contribution in [0, 0.1) is 10.1 Å². The highest BCUT2D eigenvalue weighted by Gasteiger charge is 2.16. The smallest absolute Gasteiger partial charge is 0.283 e. The van der Waals surface area contributed by atoms with Gasteiger partial charge in [-0.15, -0.1) is 0 Å². The van der Waals surface area contributed by atoms with Crippen LogP contribution < -0.4 is 10.7 Å². The van der Waals surface area contributed by atoms with Crippen molar-refractivity contribution >= 4 is 41.2 Å². The number of nitro benzene ring substituents is 1. The van der Waals surface area contributed by atoms with E-state index in [-0.39, 0.29) is 11.6 Å². The fraction of sp³-hybridized carbons (Fsp3) is 0.0500. The zero-order valence-electron chi connectivity index (χ0n) is 16.2. The lowest BCUT2D eigenvalue weighted by Gasteiger charge is -2.05. The molecule has 2 aromatic carbocycles. The number of anilines is 1. The van der Waals surface area contributed by atoms with E-state index in [2.05, 4.69) is 25.8 Å². The topological polar surface area (TPSA) is 139 Å². The fourth-order valence-electron chi connectivity index (χ4n) is 2.45. The summed E-state index contributed by atoms with van der Waals surface area (Å²) in [6, 6.07) is 12.6. The van der Waals surface area contributed by atoms with Gasteiger partial charge in [-0.25, -0.2) is 15.4 Å². The van der Waals surface area contributed by atoms with Gasteiger partial charge in [-0.1, -0.05) is 12.1 Å². The molecule has 0 aliphatic carbocycles. The molecule has 10 nitrogen and oxygen atoms in total. The van der Waals surface area contributed by atoms with Crippen molar-refractivity contribution in [2.24, 2.45) is 5.10 Å². The summed E-state index contributed by atoms with van der Waals surface area (Å²) in [5, 5.41) is 18.3. The molecule has 0 atom stereocenters. The summed E-state index contributed by atoms with van der Waals surface area (Å²) in [5.74, 6) is -0.746. The number of carbonyl (C=O) groups is 2. The Morgan fingerprint density at radius 3 is 2.61 bits per heavy atom. The molecule has 1 heterocycles. The molecule has 0 unspecified atom stereocenters. The molecular formula is C20H16N6O4S. The van der Waals surface area contributed by atoms with Crippen molar-refractivity contribution < 1.29 is 14.5 Å². The second-order valence-corrected chi connectivity index (χ2v) is 7.09. The number of hydrazone groups is 1. The van der Waals surface area contributed by atoms with Crippen molar-refractivity contribution in [1.82, 2.24) is 15.4 Å². The third-order valence-corrected chi connectivity index (χ3v) is 4.71. The number of nitrogens with one attached hydrogen (secondary N) is 2. The first-order chi connectivity index (χ1) is 14.9. The van der Waals surface area contributed by atoms with E-state index in [1.807, 2.05) is 0 Å². The molecule has 0 saturated heterocycles. The van der Waals surface area contributed by atoms with Gasteiger partial charge in [0.1, 0.15) is 0 Å². The molecule has 0 spiro atoms. The molecule has 2 N–H and O–H groups in total. The normalized spacial score (nSPS) is 10.6. The average Bonchev–Trinajstić information content (AvgIpc) is 2.75. The van der Waals surface area contributed by atoms with Gasteiger partial charge in [-0.3, -0.25) is 19.7 Å². The second-order valence-electron chi connectivity index (χ2n) is 6.08. The molecule has 31 heavy (non-hydrogen) atoms. The van der Waals surface area contributed by atoms with Crippen LogP contribution in [0.15, 0.2) is 76.1 Å². The van der Waals surface area contributed by atoms with E-state index in [1.165, 1.54) is 25.3 Å². The molecule has 3 rings (SSSR count). The number of benzene rings is 2. The zero-order chi connectivity index (χ0) is 22.2. The molecule has 0 fully saturated rings. The van der Waals surface area contributed by atoms with E-state index < -0.39 is 10.8 Å². The van der Waals surface area contributed by atoms with Gasteiger partial charge < -0.3 is 5.32 Å². The van der Waals surface area contributed by atoms with Crippen molar-refractivity contribution in [2.45, 2.75) is 17.0 Å². The lowest BCUT2D eigenvalue weighted by atomic mass is 10.2. The highest BCUT2D eigenvalue weighted by molar-refractivity contribution is 7.99. The van der Waals surface area contributed by atoms with Crippen LogP contribution >= 0.6 is 11.8 Å². The lowest BCUT2D eigenvalue weighted by molar-refractivity contribution is -0.387. The summed E-state index contributed by atoms with van der Waals surface area (Å²) in [7, 11) is 0. The molecule has 11 heteroatoms. The van der Waals surface area contributed by atoms with E-state index in [9.17, 15) is 19.7 Å². The Balaban J connectivity index is 1.70. The Morgan fingerprint density at radius 1 is 1.13 bits per heavy atom. The maximum Gasteiger partial charge on any atom is 0.283 e. The first kappa shape index (κ1) is 21.6. The fourth-order valence-corrected chi connectivity index (χ4v) is 3.25. The van der Waals surface area contributed by atoms with E-state index in [1.54, 1.807) is 48.8 Å². The van der Waals surface area contributed by atoms with Crippen LogP contribution in [0.5, 0.6) is 0 Å². The number of nitro groups is 1. The van der Waals surface area contributed by atoms with Crippen LogP contribution in [0.1, 0.15) is 22.8 Å². The molecule has 3 aromatic rings. The van der Waals surface area contributed by atoms with E-state index >= 15 is 0 Å². The molecule has 0 aliphatic heterocycles. The SMILES string of the molecule is CC(=O)Nc1cccc(C(=O)NN=Cc2ccc(Sc3ncccn3)c([N+](=O)[O-])c2)c1. The van der Waals surface area contributed by atoms with Crippen LogP contribution in [-0.4, -0.2) is 32.9 Å². The van der Waals surface area contributed by atoms with Crippen LogP contribution in [0.4, 0.5) is 11.4 Å². The van der Waals surface area contributed by atoms with Gasteiger partial charge in [0.05, 0.1) is 16.0 Å². The zero-order valence-corrected chi connectivity index (χ0v) is 17.0. The van der Waals surface area contributed by atoms with Crippen molar-refractivity contribution in [1.29, 1.82) is 0 Å². The van der Waals surface area contributed by atoms with Gasteiger partial charge in [-0.05, 0) is 42.1 Å². The first-order valence-corrected chi connectivity index (χ1v) is 9.68. The number of nitrogens with zero attached hydrogens (tertiary/aromatic N) is 4. The Hall–Kier alpha value is -4.12. The van der Waals surface area contributed by atoms with Gasteiger partial charge >= 0.3 is 0 Å². The molecule has 0 radical (unpaired) electrons. The molecule has 2 amide bonds. The maximum atomic E-state index is 12.2. The minimum atomic E-state index is -0.505. The predicted molar refractivity (Wildman–Crippen MR) is 115 cm³/mol. The van der Waals surface area contributed by atoms with Crippen LogP contribution in [-0.2, 0) is 4.79 Å². The third kappa shape index (κ3) is 6.18. The van der Waals surface area contributed by atoms with Crippen molar-refractivity contribution in [3.8, 4) is 0 Å². The number of aromatic nitrogens is 2. The number of amides is 2. The Labute approximate surface area is 181 Å². The van der Waals surface area contributed by atoms with Gasteiger partial charge in [0.15, 0.2) is 5.16 Å². The van der Waals surface area contributed by atoms with Crippen molar-refractivity contribution in [3.63, 3.8) is 0 Å². The summed E-state index contributed by atoms with van der Waals surface area (Å²) in [4.78, 5) is 42.8. The van der Waals surface area contributed by atoms with Gasteiger partial charge in [0.25, 0.3) is 11.6 Å². The predicted octanol–water partition coefficient (Wildman–Crippen LogP) is 3.26. The van der Waals surface area contributed by atoms with Crippen molar-refractivity contribution in [3.05, 3.63) is 82.2 Å². The average molecular weight is 436 g/mol. The number of hydrogen-bond donors (Lipinski definition) is 2. The lowest BCUT2D eigenvalue weighted by Crippen LogP contribution is -2.18. The highest BCUT2D eigenvalue weighted by atomic mass is 32.2. The van der Waals surface area contributed by atoms with Gasteiger partial charge in [0.2, 0.25) is 5.91 Å². The van der Waals surface area contributed by atoms with E-state index in [0.29, 0.717) is 26.9 Å². The first-order valence-electron chi connectivity index (χ1n) is 8.87. The quantitative estimate of drug-likeness (QED) is 0.251. The summed E-state index contributed by atoms with van der Waals surface area (Å²) in [5.41, 5.74) is 3.43. The minimum Gasteiger partial charge on any atom is -0.326 e. The Morgan fingerprint density at radius 2 is 1.90 bits per heavy atom. The van der Waals surface area contributed by atoms with E-state index in [0.717, 1.165) is 11.8 Å². The Bertz CT molecular complexity index is 1150. The van der Waals surface area contributed by atoms with Crippen LogP contribution in [0.2, 0.25) is 0 Å². The summed E-state index contributed by atoms with van der Waals surface area (Å²) in [6.45, 7) is 1.37. The summed E-state index contributed by atoms with van der Waals surface area (Å²) >= 11 is 1.07. The Kier molecular flexibility index (Phi) is 7.01. The number of rotatable bonds is 7. The number of carbonyl (C=O) groups excluding carboxylic acids is 2. The third-order valence-electron chi connectivity index (χ3n) is 3.75. The minimum absolute atomic E-state index is 0.129. The molecule has 1 aromatic heterocycles. The van der Waals surface area contributed by atoms with Gasteiger partial charge in [0, 0.05) is 42.2 Å². The summed E-state index contributed by atoms with van der Waals surface area (Å²) in [6.07, 6.45) is 4.41.